The number of benzene rings is 3. The van der Waals surface area contributed by atoms with Crippen LogP contribution in [-0.2, 0) is 22.7 Å². The molecule has 1 heterocycles. The molecule has 2 amide bonds. The van der Waals surface area contributed by atoms with E-state index in [0.717, 1.165) is 17.4 Å². The molecule has 0 radical (unpaired) electrons. The molecule has 0 saturated heterocycles. The van der Waals surface area contributed by atoms with Crippen molar-refractivity contribution in [1.82, 2.24) is 9.78 Å². The molecule has 0 spiro atoms. The Labute approximate surface area is 223 Å². The summed E-state index contributed by atoms with van der Waals surface area (Å²) in [4.78, 5) is 36.2. The van der Waals surface area contributed by atoms with Crippen LogP contribution in [0.3, 0.4) is 0 Å². The molecule has 11 nitrogen and oxygen atoms in total. The van der Waals surface area contributed by atoms with Gasteiger partial charge in [-0.1, -0.05) is 12.1 Å². The summed E-state index contributed by atoms with van der Waals surface area (Å²) in [6, 6.07) is 15.8. The molecule has 0 atom stereocenters. The number of hydrogen-bond donors (Lipinski definition) is 2. The maximum Gasteiger partial charge on any atom is 0.273 e. The van der Waals surface area contributed by atoms with Gasteiger partial charge in [-0.3, -0.25) is 19.7 Å². The normalized spacial score (nSPS) is 12.4. The number of hydrogen-bond acceptors (Lipinski definition) is 7. The molecule has 198 valence electrons. The number of aryl methyl sites for hydroxylation is 1. The van der Waals surface area contributed by atoms with Gasteiger partial charge in [0, 0.05) is 40.3 Å². The molecule has 1 aromatic heterocycles. The molecular weight excluding hydrogens is 522 g/mol. The number of amides is 2. The number of rotatable bonds is 6. The third kappa shape index (κ3) is 4.66. The Morgan fingerprint density at radius 3 is 2.44 bits per heavy atom. The minimum atomic E-state index is -3.41. The molecule has 0 aliphatic heterocycles. The van der Waals surface area contributed by atoms with Gasteiger partial charge in [-0.05, 0) is 67.8 Å². The van der Waals surface area contributed by atoms with Crippen LogP contribution in [0, 0.1) is 17.0 Å². The van der Waals surface area contributed by atoms with Crippen LogP contribution in [0.1, 0.15) is 37.5 Å². The van der Waals surface area contributed by atoms with E-state index in [2.05, 4.69) is 10.4 Å². The fourth-order valence-electron chi connectivity index (χ4n) is 4.80. The van der Waals surface area contributed by atoms with E-state index in [9.17, 15) is 28.1 Å². The van der Waals surface area contributed by atoms with Crippen molar-refractivity contribution in [2.45, 2.75) is 24.7 Å². The summed E-state index contributed by atoms with van der Waals surface area (Å²) in [5, 5.41) is 18.6. The van der Waals surface area contributed by atoms with Gasteiger partial charge in [0.05, 0.1) is 21.2 Å². The molecule has 3 aromatic carbocycles. The van der Waals surface area contributed by atoms with Crippen molar-refractivity contribution in [3.8, 4) is 16.9 Å². The van der Waals surface area contributed by atoms with E-state index in [-0.39, 0.29) is 27.4 Å². The zero-order chi connectivity index (χ0) is 28.1. The summed E-state index contributed by atoms with van der Waals surface area (Å²) in [5.41, 5.74) is 9.94. The average molecular weight is 546 g/mol. The lowest BCUT2D eigenvalue weighted by molar-refractivity contribution is -0.385. The molecule has 5 rings (SSSR count). The summed E-state index contributed by atoms with van der Waals surface area (Å²) >= 11 is 0. The number of primary amides is 1. The zero-order valence-corrected chi connectivity index (χ0v) is 21.8. The molecule has 1 aliphatic carbocycles. The number of nitrogens with zero attached hydrogens (tertiary/aromatic N) is 3. The van der Waals surface area contributed by atoms with Crippen molar-refractivity contribution in [3.63, 3.8) is 0 Å². The Kier molecular flexibility index (Phi) is 6.27. The summed E-state index contributed by atoms with van der Waals surface area (Å²) in [7, 11) is -3.41. The highest BCUT2D eigenvalue weighted by molar-refractivity contribution is 7.90. The molecule has 39 heavy (non-hydrogen) atoms. The molecule has 0 fully saturated rings. The molecule has 0 bridgehead atoms. The number of nitrogens with one attached hydrogen (secondary N) is 1. The number of carbonyl (C=O) groups excluding carboxylic acids is 2. The van der Waals surface area contributed by atoms with Crippen molar-refractivity contribution < 1.29 is 22.9 Å². The van der Waals surface area contributed by atoms with Gasteiger partial charge in [-0.25, -0.2) is 13.1 Å². The molecule has 0 unspecified atom stereocenters. The van der Waals surface area contributed by atoms with Crippen molar-refractivity contribution in [2.75, 3.05) is 11.6 Å². The number of nitro groups is 1. The van der Waals surface area contributed by atoms with Crippen molar-refractivity contribution in [2.24, 2.45) is 5.73 Å². The van der Waals surface area contributed by atoms with Gasteiger partial charge in [0.25, 0.3) is 17.5 Å². The topological polar surface area (TPSA) is 167 Å². The van der Waals surface area contributed by atoms with E-state index in [1.54, 1.807) is 28.9 Å². The average Bonchev–Trinajstić information content (AvgIpc) is 3.29. The fourth-order valence-corrected chi connectivity index (χ4v) is 5.43. The lowest BCUT2D eigenvalue weighted by Crippen LogP contribution is -2.16. The van der Waals surface area contributed by atoms with Crippen LogP contribution in [0.2, 0.25) is 0 Å². The Morgan fingerprint density at radius 2 is 1.79 bits per heavy atom. The Balaban J connectivity index is 1.58. The predicted molar refractivity (Wildman–Crippen MR) is 144 cm³/mol. The summed E-state index contributed by atoms with van der Waals surface area (Å²) in [6.45, 7) is 1.52. The number of nitro benzene ring substituents is 1. The van der Waals surface area contributed by atoms with Gasteiger partial charge in [0.15, 0.2) is 15.5 Å². The Bertz CT molecular complexity index is 1790. The van der Waals surface area contributed by atoms with E-state index >= 15 is 0 Å². The SMILES string of the molecule is Cc1c(C(=O)Nc2ccc3c(c2)-c2c(c(C(N)=O)nn2-c2ccc(S(C)(=O)=O)cc2)CC3)cccc1[N+](=O)[O-]. The second-order valence-corrected chi connectivity index (χ2v) is 11.3. The Morgan fingerprint density at radius 1 is 1.08 bits per heavy atom. The highest BCUT2D eigenvalue weighted by Crippen LogP contribution is 2.38. The van der Waals surface area contributed by atoms with Gasteiger partial charge in [-0.2, -0.15) is 5.10 Å². The quantitative estimate of drug-likeness (QED) is 0.276. The van der Waals surface area contributed by atoms with Crippen molar-refractivity contribution in [3.05, 3.63) is 98.7 Å². The number of aromatic nitrogens is 2. The van der Waals surface area contributed by atoms with Crippen LogP contribution in [-0.4, -0.2) is 41.2 Å². The third-order valence-corrected chi connectivity index (χ3v) is 7.87. The molecule has 4 aromatic rings. The molecule has 3 N–H and O–H groups in total. The van der Waals surface area contributed by atoms with Gasteiger partial charge in [0.1, 0.15) is 0 Å². The van der Waals surface area contributed by atoms with E-state index in [1.807, 2.05) is 6.07 Å². The lowest BCUT2D eigenvalue weighted by Gasteiger charge is -2.20. The number of anilines is 1. The molecule has 0 saturated carbocycles. The van der Waals surface area contributed by atoms with Crippen molar-refractivity contribution in [1.29, 1.82) is 0 Å². The molecule has 12 heteroatoms. The first-order valence-corrected chi connectivity index (χ1v) is 13.8. The minimum Gasteiger partial charge on any atom is -0.364 e. The number of nitrogens with two attached hydrogens (primary N) is 1. The smallest absolute Gasteiger partial charge is 0.273 e. The van der Waals surface area contributed by atoms with Gasteiger partial charge in [-0.15, -0.1) is 0 Å². The summed E-state index contributed by atoms with van der Waals surface area (Å²) in [5.74, 6) is -1.19. The number of carbonyl (C=O) groups is 2. The largest absolute Gasteiger partial charge is 0.364 e. The lowest BCUT2D eigenvalue weighted by atomic mass is 9.88. The van der Waals surface area contributed by atoms with E-state index in [4.69, 9.17) is 5.73 Å². The van der Waals surface area contributed by atoms with Crippen LogP contribution in [0.15, 0.2) is 65.6 Å². The monoisotopic (exact) mass is 545 g/mol. The van der Waals surface area contributed by atoms with Gasteiger partial charge < -0.3 is 11.1 Å². The summed E-state index contributed by atoms with van der Waals surface area (Å²) in [6.07, 6.45) is 2.24. The number of sulfone groups is 1. The predicted octanol–water partition coefficient (Wildman–Crippen LogP) is 3.61. The van der Waals surface area contributed by atoms with E-state index in [1.165, 1.54) is 37.3 Å². The molecule has 1 aliphatic rings. The van der Waals surface area contributed by atoms with Gasteiger partial charge >= 0.3 is 0 Å². The zero-order valence-electron chi connectivity index (χ0n) is 21.0. The van der Waals surface area contributed by atoms with Crippen LogP contribution in [0.5, 0.6) is 0 Å². The third-order valence-electron chi connectivity index (χ3n) is 6.74. The van der Waals surface area contributed by atoms with Crippen LogP contribution < -0.4 is 11.1 Å². The second-order valence-electron chi connectivity index (χ2n) is 9.25. The highest BCUT2D eigenvalue weighted by Gasteiger charge is 2.29. The van der Waals surface area contributed by atoms with Gasteiger partial charge in [0.2, 0.25) is 0 Å². The second kappa shape index (κ2) is 9.48. The van der Waals surface area contributed by atoms with Crippen molar-refractivity contribution >= 4 is 33.0 Å². The van der Waals surface area contributed by atoms with E-state index < -0.39 is 26.6 Å². The van der Waals surface area contributed by atoms with E-state index in [0.29, 0.717) is 35.5 Å². The fraction of sp³-hybridized carbons (Fsp3) is 0.148. The first kappa shape index (κ1) is 25.8. The van der Waals surface area contributed by atoms with Crippen LogP contribution in [0.4, 0.5) is 11.4 Å². The summed E-state index contributed by atoms with van der Waals surface area (Å²) < 4.78 is 25.4. The molecular formula is C27H23N5O6S. The first-order chi connectivity index (χ1) is 18.5. The highest BCUT2D eigenvalue weighted by atomic mass is 32.2. The maximum atomic E-state index is 13.1. The Hall–Kier alpha value is -4.84. The minimum absolute atomic E-state index is 0.115. The number of fused-ring (bicyclic) bond motifs is 3. The first-order valence-electron chi connectivity index (χ1n) is 11.9. The standard InChI is InChI=1S/C27H23N5O6S/c1-15-20(4-3-5-23(15)32(35)36)27(34)29-17-8-6-16-7-13-21-24(26(28)33)30-31(25(21)22(16)14-17)18-9-11-19(12-10-18)39(2,37)38/h3-6,8-12,14H,7,13H2,1-2H3,(H2,28,33)(H,29,34). The van der Waals surface area contributed by atoms with Crippen LogP contribution in [0.25, 0.3) is 16.9 Å². The van der Waals surface area contributed by atoms with Crippen LogP contribution >= 0.6 is 0 Å². The maximum absolute atomic E-state index is 13.1.